The highest BCUT2D eigenvalue weighted by Gasteiger charge is 2.13. The molecular weight excluding hydrogens is 407 g/mol. The Kier molecular flexibility index (Phi) is 5.62. The van der Waals surface area contributed by atoms with Crippen LogP contribution in [0.15, 0.2) is 71.8 Å². The Bertz CT molecular complexity index is 1330. The zero-order chi connectivity index (χ0) is 22.0. The summed E-state index contributed by atoms with van der Waals surface area (Å²) < 4.78 is 43.6. The molecule has 1 N–H and O–H groups in total. The molecule has 0 radical (unpaired) electrons. The van der Waals surface area contributed by atoms with E-state index in [1.807, 2.05) is 0 Å². The lowest BCUT2D eigenvalue weighted by Crippen LogP contribution is -2.32. The van der Waals surface area contributed by atoms with E-state index in [1.54, 1.807) is 41.1 Å². The van der Waals surface area contributed by atoms with Gasteiger partial charge in [0.1, 0.15) is 29.5 Å². The van der Waals surface area contributed by atoms with Crippen LogP contribution in [0.1, 0.15) is 11.1 Å². The van der Waals surface area contributed by atoms with Gasteiger partial charge in [-0.25, -0.2) is 13.2 Å². The van der Waals surface area contributed by atoms with Crippen LogP contribution in [0.5, 0.6) is 0 Å². The molecule has 0 unspecified atom stereocenters. The molecule has 0 aliphatic carbocycles. The van der Waals surface area contributed by atoms with Crippen molar-refractivity contribution >= 4 is 16.8 Å². The Morgan fingerprint density at radius 3 is 2.35 bits per heavy atom. The highest BCUT2D eigenvalue weighted by molar-refractivity contribution is 5.80. The number of fused-ring (bicyclic) bond motifs is 1. The third kappa shape index (κ3) is 4.37. The maximum absolute atomic E-state index is 14.0. The van der Waals surface area contributed by atoms with Crippen LogP contribution in [-0.4, -0.2) is 15.0 Å². The molecule has 0 saturated heterocycles. The Morgan fingerprint density at radius 1 is 0.871 bits per heavy atom. The van der Waals surface area contributed by atoms with Crippen LogP contribution in [0.3, 0.4) is 0 Å². The van der Waals surface area contributed by atoms with Crippen LogP contribution in [0.4, 0.5) is 13.2 Å². The second-order valence-electron chi connectivity index (χ2n) is 7.10. The minimum absolute atomic E-state index is 0.133. The fraction of sp³-hybridized carbons (Fsp3) is 0.130. The van der Waals surface area contributed by atoms with Crippen molar-refractivity contribution in [3.05, 3.63) is 106 Å². The predicted octanol–water partition coefficient (Wildman–Crippen LogP) is 3.59. The summed E-state index contributed by atoms with van der Waals surface area (Å²) in [5.41, 5.74) is 0.523. The zero-order valence-corrected chi connectivity index (χ0v) is 16.3. The number of aromatic nitrogens is 2. The van der Waals surface area contributed by atoms with Crippen LogP contribution in [0, 0.1) is 17.5 Å². The van der Waals surface area contributed by atoms with Gasteiger partial charge in [-0.1, -0.05) is 24.3 Å². The van der Waals surface area contributed by atoms with E-state index in [2.05, 4.69) is 5.32 Å². The molecule has 4 aromatic rings. The van der Waals surface area contributed by atoms with Crippen molar-refractivity contribution in [3.63, 3.8) is 0 Å². The average Bonchev–Trinajstić information content (AvgIpc) is 3.15. The Balaban J connectivity index is 1.53. The molecule has 0 aliphatic rings. The summed E-state index contributed by atoms with van der Waals surface area (Å²) >= 11 is 0. The second-order valence-corrected chi connectivity index (χ2v) is 7.10. The average molecular weight is 425 g/mol. The van der Waals surface area contributed by atoms with Gasteiger partial charge in [-0.3, -0.25) is 9.59 Å². The fourth-order valence-electron chi connectivity index (χ4n) is 3.38. The van der Waals surface area contributed by atoms with E-state index in [4.69, 9.17) is 0 Å². The number of rotatable bonds is 6. The minimum atomic E-state index is -0.759. The van der Waals surface area contributed by atoms with Crippen LogP contribution in [-0.2, 0) is 24.4 Å². The number of amides is 1. The summed E-state index contributed by atoms with van der Waals surface area (Å²) in [4.78, 5) is 25.2. The zero-order valence-electron chi connectivity index (χ0n) is 16.3. The Labute approximate surface area is 175 Å². The lowest BCUT2D eigenvalue weighted by atomic mass is 10.2. The third-order valence-corrected chi connectivity index (χ3v) is 5.00. The summed E-state index contributed by atoms with van der Waals surface area (Å²) in [5, 5.41) is 3.19. The number of nitrogens with one attached hydrogen (secondary N) is 1. The van der Waals surface area contributed by atoms with Gasteiger partial charge in [0, 0.05) is 41.5 Å². The standard InChI is InChI=1S/C23H18F3N3O2/c24-18-6-5-16(20(26)11-18)12-27-21(30)14-29-10-8-15-7-9-28(22(15)23(29)31)13-17-3-1-2-4-19(17)25/h1-11H,12-14H2,(H,27,30). The van der Waals surface area contributed by atoms with Crippen LogP contribution < -0.4 is 10.9 Å². The number of benzene rings is 2. The van der Waals surface area contributed by atoms with Gasteiger partial charge in [-0.15, -0.1) is 0 Å². The van der Waals surface area contributed by atoms with E-state index in [9.17, 15) is 22.8 Å². The molecule has 2 aromatic carbocycles. The van der Waals surface area contributed by atoms with Gasteiger partial charge in [0.2, 0.25) is 5.91 Å². The van der Waals surface area contributed by atoms with E-state index < -0.39 is 23.1 Å². The molecule has 4 rings (SSSR count). The molecule has 0 saturated carbocycles. The van der Waals surface area contributed by atoms with Gasteiger partial charge >= 0.3 is 0 Å². The van der Waals surface area contributed by atoms with Crippen LogP contribution >= 0.6 is 0 Å². The summed E-state index contributed by atoms with van der Waals surface area (Å²) in [6, 6.07) is 12.8. The quantitative estimate of drug-likeness (QED) is 0.513. The number of halogens is 3. The molecular formula is C23H18F3N3O2. The molecule has 31 heavy (non-hydrogen) atoms. The minimum Gasteiger partial charge on any atom is -0.350 e. The van der Waals surface area contributed by atoms with Crippen molar-refractivity contribution in [1.29, 1.82) is 0 Å². The normalized spacial score (nSPS) is 11.1. The molecule has 5 nitrogen and oxygen atoms in total. The Hall–Kier alpha value is -3.81. The molecule has 0 fully saturated rings. The molecule has 0 aliphatic heterocycles. The van der Waals surface area contributed by atoms with Gasteiger partial charge < -0.3 is 14.5 Å². The molecule has 0 spiro atoms. The number of pyridine rings is 1. The van der Waals surface area contributed by atoms with E-state index in [1.165, 1.54) is 22.9 Å². The van der Waals surface area contributed by atoms with E-state index in [0.717, 1.165) is 12.1 Å². The maximum atomic E-state index is 14.0. The topological polar surface area (TPSA) is 56.0 Å². The summed E-state index contributed by atoms with van der Waals surface area (Å²) in [5.74, 6) is -2.33. The first-order chi connectivity index (χ1) is 14.9. The number of hydrogen-bond donors (Lipinski definition) is 1. The SMILES string of the molecule is O=C(Cn1ccc2ccn(Cc3ccccc3F)c2c1=O)NCc1ccc(F)cc1F. The predicted molar refractivity (Wildman–Crippen MR) is 110 cm³/mol. The summed E-state index contributed by atoms with van der Waals surface area (Å²) in [7, 11) is 0. The molecule has 8 heteroatoms. The van der Waals surface area contributed by atoms with Crippen LogP contribution in [0.2, 0.25) is 0 Å². The third-order valence-electron chi connectivity index (χ3n) is 5.00. The maximum Gasteiger partial charge on any atom is 0.275 e. The highest BCUT2D eigenvalue weighted by atomic mass is 19.1. The molecule has 2 aromatic heterocycles. The van der Waals surface area contributed by atoms with E-state index >= 15 is 0 Å². The summed E-state index contributed by atoms with van der Waals surface area (Å²) in [6.07, 6.45) is 3.19. The number of nitrogens with zero attached hydrogens (tertiary/aromatic N) is 2. The molecule has 0 atom stereocenters. The largest absolute Gasteiger partial charge is 0.350 e. The van der Waals surface area contributed by atoms with Crippen molar-refractivity contribution in [2.45, 2.75) is 19.6 Å². The van der Waals surface area contributed by atoms with Gasteiger partial charge in [0.25, 0.3) is 5.56 Å². The molecule has 1 amide bonds. The van der Waals surface area contributed by atoms with Gasteiger partial charge in [-0.2, -0.15) is 0 Å². The van der Waals surface area contributed by atoms with Crippen LogP contribution in [0.25, 0.3) is 10.9 Å². The molecule has 0 bridgehead atoms. The van der Waals surface area contributed by atoms with Gasteiger partial charge in [0.15, 0.2) is 0 Å². The number of hydrogen-bond acceptors (Lipinski definition) is 2. The monoisotopic (exact) mass is 425 g/mol. The Morgan fingerprint density at radius 2 is 1.61 bits per heavy atom. The lowest BCUT2D eigenvalue weighted by molar-refractivity contribution is -0.121. The first-order valence-electron chi connectivity index (χ1n) is 9.54. The number of carbonyl (C=O) groups excluding carboxylic acids is 1. The van der Waals surface area contributed by atoms with E-state index in [0.29, 0.717) is 16.5 Å². The fourth-order valence-corrected chi connectivity index (χ4v) is 3.38. The second kappa shape index (κ2) is 8.51. The molecule has 158 valence electrons. The lowest BCUT2D eigenvalue weighted by Gasteiger charge is -2.10. The van der Waals surface area contributed by atoms with Crippen molar-refractivity contribution in [2.75, 3.05) is 0 Å². The summed E-state index contributed by atoms with van der Waals surface area (Å²) in [6.45, 7) is -0.237. The first kappa shape index (κ1) is 20.5. The van der Waals surface area contributed by atoms with E-state index in [-0.39, 0.29) is 31.0 Å². The van der Waals surface area contributed by atoms with Gasteiger partial charge in [0.05, 0.1) is 6.54 Å². The molecule has 2 heterocycles. The van der Waals surface area contributed by atoms with Crippen molar-refractivity contribution in [3.8, 4) is 0 Å². The van der Waals surface area contributed by atoms with Gasteiger partial charge in [-0.05, 0) is 24.3 Å². The van der Waals surface area contributed by atoms with Crippen molar-refractivity contribution in [1.82, 2.24) is 14.5 Å². The number of carbonyl (C=O) groups is 1. The van der Waals surface area contributed by atoms with Crippen molar-refractivity contribution < 1.29 is 18.0 Å². The smallest absolute Gasteiger partial charge is 0.275 e. The highest BCUT2D eigenvalue weighted by Crippen LogP contribution is 2.15. The van der Waals surface area contributed by atoms with Crippen molar-refractivity contribution in [2.24, 2.45) is 0 Å². The first-order valence-corrected chi connectivity index (χ1v) is 9.54.